The fourth-order valence-corrected chi connectivity index (χ4v) is 0.0913. The van der Waals surface area contributed by atoms with E-state index in [1.807, 2.05) is 0 Å². The van der Waals surface area contributed by atoms with E-state index in [0.717, 1.165) is 6.26 Å². The molecule has 0 unspecified atom stereocenters. The molecule has 0 rings (SSSR count). The maximum atomic E-state index is 9.21. The second-order valence-electron chi connectivity index (χ2n) is 0.347. The third-order valence-corrected chi connectivity index (χ3v) is 0.353. The Morgan fingerprint density at radius 2 is 2.60 bits per heavy atom. The molecule has 5 heavy (non-hydrogen) atoms. The summed E-state index contributed by atoms with van der Waals surface area (Å²) in [5.74, 6) is 0. The van der Waals surface area contributed by atoms with Crippen molar-refractivity contribution >= 4 is 11.9 Å². The van der Waals surface area contributed by atoms with Crippen LogP contribution in [-0.4, -0.2) is 4.21 Å². The van der Waals surface area contributed by atoms with Crippen molar-refractivity contribution in [1.29, 1.82) is 0 Å². The van der Waals surface area contributed by atoms with E-state index in [4.69, 9.17) is 0 Å². The highest BCUT2D eigenvalue weighted by Gasteiger charge is 1.50. The van der Waals surface area contributed by atoms with Crippen LogP contribution < -0.4 is 0 Å². The molecule has 0 aliphatic rings. The van der Waals surface area contributed by atoms with Gasteiger partial charge in [0.15, 0.2) is 11.9 Å². The summed E-state index contributed by atoms with van der Waals surface area (Å²) >= 11 is -0.338. The molecule has 0 saturated heterocycles. The van der Waals surface area contributed by atoms with Gasteiger partial charge in [0.1, 0.15) is 0 Å². The maximum absolute atomic E-state index is 9.21. The lowest BCUT2D eigenvalue weighted by molar-refractivity contribution is 0.526. The monoisotopic (exact) mass is 92.0 g/mol. The molecule has 2 nitrogen and oxygen atoms in total. The summed E-state index contributed by atoms with van der Waals surface area (Å²) in [6.45, 7) is 3.12. The van der Waals surface area contributed by atoms with Crippen LogP contribution in [-0.2, 0) is 16.1 Å². The van der Waals surface area contributed by atoms with E-state index in [1.165, 1.54) is 0 Å². The fraction of sp³-hybridized carbons (Fsp3) is 0. The molecule has 0 N–H and O–H groups in total. The molecule has 0 aromatic carbocycles. The van der Waals surface area contributed by atoms with Gasteiger partial charge in [-0.2, -0.15) is 0 Å². The summed E-state index contributed by atoms with van der Waals surface area (Å²) in [5.41, 5.74) is 0. The van der Waals surface area contributed by atoms with Crippen LogP contribution in [0.5, 0.6) is 0 Å². The lowest BCUT2D eigenvalue weighted by Crippen LogP contribution is -1.59. The third kappa shape index (κ3) is 3.69. The van der Waals surface area contributed by atoms with Gasteiger partial charge in [0.25, 0.3) is 0 Å². The van der Waals surface area contributed by atoms with Gasteiger partial charge in [-0.05, 0) is 0 Å². The molecule has 30 valence electrons. The zero-order valence-electron chi connectivity index (χ0n) is 2.55. The van der Waals surface area contributed by atoms with Crippen LogP contribution in [0.2, 0.25) is 0 Å². The largest absolute Gasteiger partial charge is 0.411 e. The van der Waals surface area contributed by atoms with Crippen molar-refractivity contribution in [3.8, 4) is 0 Å². The summed E-state index contributed by atoms with van der Waals surface area (Å²) in [5, 5.41) is 0. The van der Waals surface area contributed by atoms with Crippen molar-refractivity contribution in [2.75, 3.05) is 0 Å². The van der Waals surface area contributed by atoms with E-state index < -0.39 is 0 Å². The first-order chi connectivity index (χ1) is 2.41. The Balaban J connectivity index is 2.65. The van der Waals surface area contributed by atoms with Crippen LogP contribution in [0.4, 0.5) is 0 Å². The van der Waals surface area contributed by atoms with Gasteiger partial charge in [-0.15, -0.1) is 0 Å². The van der Waals surface area contributed by atoms with Crippen molar-refractivity contribution in [1.82, 2.24) is 0 Å². The van der Waals surface area contributed by atoms with Gasteiger partial charge in [0.05, 0.1) is 6.26 Å². The topological polar surface area (TPSA) is 26.3 Å². The smallest absolute Gasteiger partial charge is 0.192 e. The van der Waals surface area contributed by atoms with Crippen molar-refractivity contribution in [3.05, 3.63) is 12.8 Å². The normalized spacial score (nSPS) is 6.40. The summed E-state index contributed by atoms with van der Waals surface area (Å²) in [7, 11) is 0. The van der Waals surface area contributed by atoms with E-state index in [2.05, 4.69) is 10.8 Å². The average Bonchev–Trinajstić information content (AvgIpc) is 1.41. The number of hydrogen-bond acceptors (Lipinski definition) is 2. The molecule has 0 heterocycles. The van der Waals surface area contributed by atoms with Crippen LogP contribution in [0.1, 0.15) is 0 Å². The molecule has 0 fully saturated rings. The Kier molecular flexibility index (Phi) is 3.46. The standard InChI is InChI=1S/C2H4O2S/c1-2-4-5-3/h2,5H,1H2. The molecular weight excluding hydrogens is 88.1 g/mol. The maximum Gasteiger partial charge on any atom is 0.192 e. The summed E-state index contributed by atoms with van der Waals surface area (Å²) in [6, 6.07) is 0. The molecule has 0 radical (unpaired) electrons. The highest BCUT2D eigenvalue weighted by Crippen LogP contribution is 1.60. The Bertz CT molecular complexity index is 36.9. The fourth-order valence-electron chi connectivity index (χ4n) is 0.0304. The minimum atomic E-state index is -0.338. The van der Waals surface area contributed by atoms with Gasteiger partial charge in [-0.3, -0.25) is 0 Å². The number of rotatable bonds is 2. The quantitative estimate of drug-likeness (QED) is 0.383. The molecule has 0 aromatic rings. The number of thiol groups is 1. The van der Waals surface area contributed by atoms with Gasteiger partial charge >= 0.3 is 0 Å². The van der Waals surface area contributed by atoms with Crippen molar-refractivity contribution in [3.63, 3.8) is 0 Å². The molecule has 0 aliphatic heterocycles. The van der Waals surface area contributed by atoms with Crippen LogP contribution in [0, 0.1) is 0 Å². The third-order valence-electron chi connectivity index (χ3n) is 0.118. The molecule has 0 spiro atoms. The van der Waals surface area contributed by atoms with Gasteiger partial charge in [-0.25, -0.2) is 4.21 Å². The first-order valence-electron chi connectivity index (χ1n) is 1.01. The number of hydrogen-bond donors (Lipinski definition) is 1. The van der Waals surface area contributed by atoms with Crippen LogP contribution >= 0.6 is 0 Å². The second-order valence-corrected chi connectivity index (χ2v) is 0.707. The van der Waals surface area contributed by atoms with E-state index in [9.17, 15) is 4.21 Å². The van der Waals surface area contributed by atoms with Gasteiger partial charge < -0.3 is 4.18 Å². The Morgan fingerprint density at radius 1 is 2.00 bits per heavy atom. The predicted molar refractivity (Wildman–Crippen MR) is 20.8 cm³/mol. The Morgan fingerprint density at radius 3 is 2.60 bits per heavy atom. The minimum Gasteiger partial charge on any atom is -0.411 e. The molecule has 0 bridgehead atoms. The van der Waals surface area contributed by atoms with E-state index in [-0.39, 0.29) is 11.9 Å². The van der Waals surface area contributed by atoms with Gasteiger partial charge in [-0.1, -0.05) is 6.58 Å². The van der Waals surface area contributed by atoms with Crippen LogP contribution in [0.3, 0.4) is 0 Å². The van der Waals surface area contributed by atoms with Crippen LogP contribution in [0.15, 0.2) is 12.8 Å². The van der Waals surface area contributed by atoms with Crippen LogP contribution in [0.25, 0.3) is 0 Å². The minimum absolute atomic E-state index is 0.338. The Labute approximate surface area is 34.1 Å². The van der Waals surface area contributed by atoms with E-state index in [1.54, 1.807) is 0 Å². The molecule has 3 heteroatoms. The zero-order chi connectivity index (χ0) is 4.12. The lowest BCUT2D eigenvalue weighted by Gasteiger charge is -1.71. The average molecular weight is 92.1 g/mol. The van der Waals surface area contributed by atoms with Crippen molar-refractivity contribution in [2.45, 2.75) is 0 Å². The van der Waals surface area contributed by atoms with Crippen molar-refractivity contribution < 1.29 is 8.39 Å². The summed E-state index contributed by atoms with van der Waals surface area (Å²) in [4.78, 5) is 0. The van der Waals surface area contributed by atoms with Gasteiger partial charge in [0, 0.05) is 0 Å². The molecule has 0 amide bonds. The first-order valence-corrected chi connectivity index (χ1v) is 1.74. The van der Waals surface area contributed by atoms with Gasteiger partial charge in [0.2, 0.25) is 0 Å². The van der Waals surface area contributed by atoms with Crippen molar-refractivity contribution in [2.24, 2.45) is 0 Å². The molecular formula is C2H4O2S. The molecule has 0 aromatic heterocycles. The first kappa shape index (κ1) is 4.69. The second kappa shape index (κ2) is 3.69. The highest BCUT2D eigenvalue weighted by molar-refractivity contribution is 7.60. The predicted octanol–water partition coefficient (Wildman–Crippen LogP) is 0.00680. The lowest BCUT2D eigenvalue weighted by atomic mass is 11.2. The molecule has 0 atom stereocenters. The molecule has 0 aliphatic carbocycles. The molecule has 0 saturated carbocycles. The van der Waals surface area contributed by atoms with E-state index >= 15 is 0 Å². The highest BCUT2D eigenvalue weighted by atomic mass is 32.2. The van der Waals surface area contributed by atoms with E-state index in [0.29, 0.717) is 0 Å². The summed E-state index contributed by atoms with van der Waals surface area (Å²) in [6.07, 6.45) is 1.11. The summed E-state index contributed by atoms with van der Waals surface area (Å²) < 4.78 is 13.2. The zero-order valence-corrected chi connectivity index (χ0v) is 3.44. The Hall–Kier alpha value is -0.310. The SMILES string of the molecule is C=CO[SH]=O.